The minimum absolute atomic E-state index is 0.141. The smallest absolute Gasteiger partial charge is 0.408 e. The largest absolute Gasteiger partial charge is 0.455 e. The van der Waals surface area contributed by atoms with Gasteiger partial charge >= 0.3 is 18.0 Å². The number of esters is 2. The highest BCUT2D eigenvalue weighted by Gasteiger charge is 2.78. The Bertz CT molecular complexity index is 1570. The molecule has 1 saturated heterocycles. The molecule has 2 bridgehead atoms. The molecule has 0 radical (unpaired) electrons. The van der Waals surface area contributed by atoms with Crippen LogP contribution in [0.15, 0.2) is 41.5 Å². The van der Waals surface area contributed by atoms with E-state index in [0.29, 0.717) is 18.5 Å². The number of aliphatic hydroxyl groups is 2. The van der Waals surface area contributed by atoms with Crippen LogP contribution in [-0.2, 0) is 33.0 Å². The lowest BCUT2D eigenvalue weighted by molar-refractivity contribution is -0.344. The first-order valence-corrected chi connectivity index (χ1v) is 21.3. The molecule has 0 unspecified atom stereocenters. The molecule has 1 aromatic rings. The maximum Gasteiger partial charge on any atom is 0.408 e. The molecule has 3 aliphatic carbocycles. The monoisotopic (exact) mass is 743 g/mol. The zero-order valence-electron chi connectivity index (χ0n) is 32.1. The molecule has 3 N–H and O–H groups in total. The summed E-state index contributed by atoms with van der Waals surface area (Å²) in [6.07, 6.45) is -6.41. The van der Waals surface area contributed by atoms with Crippen LogP contribution in [0, 0.1) is 16.7 Å². The number of carbonyl (C=O) groups excluding carboxylic acids is 4. The number of ether oxygens (including phenoxy) is 4. The summed E-state index contributed by atoms with van der Waals surface area (Å²) in [6.45, 7) is 16.3. The fraction of sp³-hybridized carbons (Fsp3) is 0.692. The molecule has 1 aromatic carbocycles. The van der Waals surface area contributed by atoms with Crippen molar-refractivity contribution in [3.63, 3.8) is 0 Å². The van der Waals surface area contributed by atoms with E-state index in [2.05, 4.69) is 26.1 Å². The molecule has 1 heterocycles. The van der Waals surface area contributed by atoms with E-state index in [-0.39, 0.29) is 30.6 Å². The summed E-state index contributed by atoms with van der Waals surface area (Å²) in [5.74, 6) is -3.23. The van der Waals surface area contributed by atoms with Crippen molar-refractivity contribution in [2.75, 3.05) is 13.2 Å². The van der Waals surface area contributed by atoms with Gasteiger partial charge in [-0.3, -0.25) is 9.59 Å². The fourth-order valence-electron chi connectivity index (χ4n) is 9.57. The third-order valence-electron chi connectivity index (χ3n) is 13.0. The summed E-state index contributed by atoms with van der Waals surface area (Å²) in [5.41, 5.74) is -5.97. The average molecular weight is 744 g/mol. The van der Waals surface area contributed by atoms with Gasteiger partial charge in [-0.25, -0.2) is 9.59 Å². The van der Waals surface area contributed by atoms with Crippen molar-refractivity contribution < 1.29 is 52.8 Å². The van der Waals surface area contributed by atoms with Crippen molar-refractivity contribution in [2.45, 2.75) is 141 Å². The molecule has 13 heteroatoms. The van der Waals surface area contributed by atoms with Gasteiger partial charge in [0.1, 0.15) is 17.8 Å². The van der Waals surface area contributed by atoms with E-state index in [1.807, 2.05) is 6.92 Å². The van der Waals surface area contributed by atoms with Crippen LogP contribution in [0.3, 0.4) is 0 Å². The molecule has 3 fully saturated rings. The van der Waals surface area contributed by atoms with Gasteiger partial charge in [-0.1, -0.05) is 59.7 Å². The molecular weight excluding hydrogens is 687 g/mol. The van der Waals surface area contributed by atoms with Gasteiger partial charge in [0.05, 0.1) is 35.7 Å². The molecule has 0 aromatic heterocycles. The van der Waals surface area contributed by atoms with Crippen molar-refractivity contribution in [1.29, 1.82) is 0 Å². The van der Waals surface area contributed by atoms with E-state index >= 15 is 4.79 Å². The molecule has 52 heavy (non-hydrogen) atoms. The number of amides is 1. The Kier molecular flexibility index (Phi) is 11.3. The fourth-order valence-corrected chi connectivity index (χ4v) is 12.5. The van der Waals surface area contributed by atoms with Crippen LogP contribution in [0.2, 0.25) is 18.1 Å². The Morgan fingerprint density at radius 3 is 2.19 bits per heavy atom. The second-order valence-corrected chi connectivity index (χ2v) is 20.6. The van der Waals surface area contributed by atoms with Crippen LogP contribution < -0.4 is 5.32 Å². The second kappa shape index (κ2) is 14.6. The lowest BCUT2D eigenvalue weighted by Gasteiger charge is -2.68. The zero-order valence-corrected chi connectivity index (χ0v) is 33.1. The summed E-state index contributed by atoms with van der Waals surface area (Å²) >= 11 is 0. The van der Waals surface area contributed by atoms with E-state index in [0.717, 1.165) is 18.1 Å². The number of rotatable bonds is 11. The number of alkyl carbamates (subject to hydrolysis) is 1. The molecule has 9 atom stereocenters. The second-order valence-electron chi connectivity index (χ2n) is 15.8. The summed E-state index contributed by atoms with van der Waals surface area (Å²) in [6, 6.07) is 10.6. The number of nitrogens with one attached hydrogen (secondary N) is 1. The maximum atomic E-state index is 15.9. The molecular formula is C39H57NO11Si. The summed E-state index contributed by atoms with van der Waals surface area (Å²) in [5, 5.41) is 27.8. The molecule has 2 saturated carbocycles. The predicted octanol–water partition coefficient (Wildman–Crippen LogP) is 5.26. The van der Waals surface area contributed by atoms with Gasteiger partial charge in [0, 0.05) is 31.7 Å². The van der Waals surface area contributed by atoms with E-state index in [4.69, 9.17) is 23.4 Å². The van der Waals surface area contributed by atoms with Gasteiger partial charge < -0.3 is 38.9 Å². The number of Topliss-reactive ketones (excluding diaryl/α,β-unsaturated/α-hetero) is 1. The number of hydrogen-bond acceptors (Lipinski definition) is 11. The minimum atomic E-state index is -2.51. The van der Waals surface area contributed by atoms with Crippen LogP contribution in [0.1, 0.15) is 91.9 Å². The first kappa shape index (κ1) is 40.1. The van der Waals surface area contributed by atoms with Crippen LogP contribution in [-0.4, -0.2) is 97.2 Å². The molecule has 4 aliphatic rings. The third kappa shape index (κ3) is 6.23. The van der Waals surface area contributed by atoms with Gasteiger partial charge in [-0.2, -0.15) is 0 Å². The van der Waals surface area contributed by atoms with Crippen molar-refractivity contribution in [2.24, 2.45) is 16.7 Å². The van der Waals surface area contributed by atoms with Crippen LogP contribution >= 0.6 is 0 Å². The molecule has 12 nitrogen and oxygen atoms in total. The molecule has 0 spiro atoms. The van der Waals surface area contributed by atoms with Crippen molar-refractivity contribution in [3.8, 4) is 0 Å². The number of benzene rings is 1. The van der Waals surface area contributed by atoms with Gasteiger partial charge in [-0.05, 0) is 61.7 Å². The molecule has 1 amide bonds. The average Bonchev–Trinajstić information content (AvgIpc) is 3.10. The van der Waals surface area contributed by atoms with Crippen LogP contribution in [0.4, 0.5) is 4.79 Å². The number of aliphatic hydroxyl groups excluding tert-OH is 1. The third-order valence-corrected chi connectivity index (χ3v) is 17.6. The van der Waals surface area contributed by atoms with Crippen LogP contribution in [0.5, 0.6) is 0 Å². The van der Waals surface area contributed by atoms with Gasteiger partial charge in [0.25, 0.3) is 0 Å². The van der Waals surface area contributed by atoms with Crippen molar-refractivity contribution in [3.05, 3.63) is 47.0 Å². The Morgan fingerprint density at radius 1 is 1.02 bits per heavy atom. The maximum absolute atomic E-state index is 15.9. The van der Waals surface area contributed by atoms with E-state index in [1.54, 1.807) is 58.0 Å². The Balaban J connectivity index is 1.87. The summed E-state index contributed by atoms with van der Waals surface area (Å²) in [4.78, 5) is 56.6. The standard InChI is InChI=1S/C39H57NO11Si/c1-10-19-40-35(45)48-30-29-23(5)26(42)21-39(46,36(29,7)8)33(49-34(44)25-17-15-14-16-18-25)31-37(9,32(30)43)27(51-52(11-2,12-3)13-4)20-28-38(31,22-47-28)50-24(6)41/h14-18,26-28,30-31,33,42,46H,10-13,19-22H2,1-9H3,(H,40,45)/t26-,27-,28+,30+,31-,33-,37+,38-,39+/m0/s1. The molecule has 288 valence electrons. The van der Waals surface area contributed by atoms with Crippen molar-refractivity contribution >= 4 is 32.1 Å². The molecule has 1 aliphatic heterocycles. The number of fused-ring (bicyclic) bond motifs is 5. The van der Waals surface area contributed by atoms with Crippen molar-refractivity contribution in [1.82, 2.24) is 5.32 Å². The lowest BCUT2D eigenvalue weighted by atomic mass is 9.44. The highest BCUT2D eigenvalue weighted by Crippen LogP contribution is 2.65. The highest BCUT2D eigenvalue weighted by atomic mass is 28.4. The lowest BCUT2D eigenvalue weighted by Crippen LogP contribution is -2.82. The van der Waals surface area contributed by atoms with Gasteiger partial charge in [-0.15, -0.1) is 0 Å². The van der Waals surface area contributed by atoms with Gasteiger partial charge in [0.2, 0.25) is 0 Å². The summed E-state index contributed by atoms with van der Waals surface area (Å²) < 4.78 is 32.2. The topological polar surface area (TPSA) is 167 Å². The van der Waals surface area contributed by atoms with E-state index < -0.39 is 90.6 Å². The Labute approximate surface area is 308 Å². The van der Waals surface area contributed by atoms with Crippen LogP contribution in [0.25, 0.3) is 0 Å². The normalized spacial score (nSPS) is 35.2. The van der Waals surface area contributed by atoms with Gasteiger partial charge in [0.15, 0.2) is 25.8 Å². The number of ketones is 1. The Hall–Kier alpha value is -3.10. The predicted molar refractivity (Wildman–Crippen MR) is 194 cm³/mol. The SMILES string of the molecule is CCCNC(=O)O[C@H]1C(=O)[C@]2(C)[C@@H](O[Si](CC)(CC)CC)C[C@H]3OC[C@@]3(OC(C)=O)[C@H]2[C@H](OC(=O)c2ccccc2)[C@]2(O)C[C@H](O)C(C)=C1C2(C)C. The highest BCUT2D eigenvalue weighted by molar-refractivity contribution is 6.73. The quantitative estimate of drug-likeness (QED) is 0.117. The summed E-state index contributed by atoms with van der Waals surface area (Å²) in [7, 11) is -2.51. The number of hydrogen-bond donors (Lipinski definition) is 3. The zero-order chi connectivity index (χ0) is 38.4. The first-order chi connectivity index (χ1) is 24.4. The minimum Gasteiger partial charge on any atom is -0.455 e. The van der Waals surface area contributed by atoms with E-state index in [1.165, 1.54) is 6.92 Å². The first-order valence-electron chi connectivity index (χ1n) is 18.8. The Morgan fingerprint density at radius 2 is 1.65 bits per heavy atom. The number of carbonyl (C=O) groups is 4. The molecule has 5 rings (SSSR count). The van der Waals surface area contributed by atoms with E-state index in [9.17, 15) is 24.6 Å².